The van der Waals surface area contributed by atoms with Gasteiger partial charge in [-0.1, -0.05) is 12.1 Å². The van der Waals surface area contributed by atoms with Crippen LogP contribution in [-0.4, -0.2) is 37.6 Å². The lowest BCUT2D eigenvalue weighted by atomic mass is 10.1. The van der Waals surface area contributed by atoms with Crippen LogP contribution in [0.25, 0.3) is 0 Å². The van der Waals surface area contributed by atoms with Crippen molar-refractivity contribution in [2.45, 2.75) is 18.6 Å². The molecule has 0 bridgehead atoms. The van der Waals surface area contributed by atoms with E-state index >= 15 is 0 Å². The lowest BCUT2D eigenvalue weighted by Gasteiger charge is -2.28. The Morgan fingerprint density at radius 1 is 1.31 bits per heavy atom. The van der Waals surface area contributed by atoms with Crippen molar-refractivity contribution in [2.24, 2.45) is 0 Å². The Labute approximate surface area is 94.8 Å². The predicted octanol–water partition coefficient (Wildman–Crippen LogP) is 1.22. The summed E-state index contributed by atoms with van der Waals surface area (Å²) in [6.45, 7) is 1.01. The number of hydrogen-bond donors (Lipinski definition) is 1. The third-order valence-corrected chi connectivity index (χ3v) is 2.62. The fourth-order valence-corrected chi connectivity index (χ4v) is 1.69. The van der Waals surface area contributed by atoms with Gasteiger partial charge in [0.1, 0.15) is 6.10 Å². The smallest absolute Gasteiger partial charge is 0.161 e. The van der Waals surface area contributed by atoms with Crippen LogP contribution in [0.1, 0.15) is 6.42 Å². The van der Waals surface area contributed by atoms with Gasteiger partial charge in [0.25, 0.3) is 0 Å². The maximum Gasteiger partial charge on any atom is 0.161 e. The van der Waals surface area contributed by atoms with E-state index in [0.717, 1.165) is 0 Å². The fraction of sp³-hybridized carbons (Fsp3) is 0.500. The van der Waals surface area contributed by atoms with Crippen LogP contribution in [0.2, 0.25) is 0 Å². The van der Waals surface area contributed by atoms with Crippen molar-refractivity contribution in [1.82, 2.24) is 0 Å². The first-order valence-electron chi connectivity index (χ1n) is 5.36. The molecule has 0 radical (unpaired) electrons. The molecule has 1 aliphatic rings. The Bertz CT molecular complexity index is 340. The van der Waals surface area contributed by atoms with Crippen molar-refractivity contribution in [3.8, 4) is 11.5 Å². The summed E-state index contributed by atoms with van der Waals surface area (Å²) in [7, 11) is 1.59. The molecule has 1 aliphatic heterocycles. The van der Waals surface area contributed by atoms with Gasteiger partial charge in [-0.25, -0.2) is 0 Å². The quantitative estimate of drug-likeness (QED) is 0.838. The van der Waals surface area contributed by atoms with E-state index in [1.54, 1.807) is 7.11 Å². The second kappa shape index (κ2) is 5.18. The second-order valence-corrected chi connectivity index (χ2v) is 3.74. The molecule has 0 spiro atoms. The molecule has 1 fully saturated rings. The van der Waals surface area contributed by atoms with Gasteiger partial charge in [-0.2, -0.15) is 0 Å². The summed E-state index contributed by atoms with van der Waals surface area (Å²) < 4.78 is 16.1. The van der Waals surface area contributed by atoms with Gasteiger partial charge in [-0.05, 0) is 12.1 Å². The van der Waals surface area contributed by atoms with E-state index in [4.69, 9.17) is 14.2 Å². The number of benzene rings is 1. The van der Waals surface area contributed by atoms with E-state index in [0.29, 0.717) is 31.1 Å². The minimum atomic E-state index is -0.473. The molecular weight excluding hydrogens is 208 g/mol. The van der Waals surface area contributed by atoms with Gasteiger partial charge in [0.05, 0.1) is 19.8 Å². The highest BCUT2D eigenvalue weighted by molar-refractivity contribution is 5.39. The van der Waals surface area contributed by atoms with Crippen LogP contribution < -0.4 is 9.47 Å². The summed E-state index contributed by atoms with van der Waals surface area (Å²) in [6, 6.07) is 7.39. The van der Waals surface area contributed by atoms with Crippen LogP contribution in [0, 0.1) is 0 Å². The summed E-state index contributed by atoms with van der Waals surface area (Å²) in [4.78, 5) is 0. The highest BCUT2D eigenvalue weighted by Crippen LogP contribution is 2.28. The van der Waals surface area contributed by atoms with Gasteiger partial charge in [-0.3, -0.25) is 0 Å². The van der Waals surface area contributed by atoms with Crippen molar-refractivity contribution < 1.29 is 19.3 Å². The summed E-state index contributed by atoms with van der Waals surface area (Å²) in [6.07, 6.45) is -0.177. The zero-order valence-corrected chi connectivity index (χ0v) is 9.26. The summed E-state index contributed by atoms with van der Waals surface area (Å²) in [5.41, 5.74) is 0. The normalized spacial score (nSPS) is 25.1. The standard InChI is InChI=1S/C12H16O4/c1-14-10-4-2-3-5-11(10)16-12-8-15-7-6-9(12)13/h2-5,9,12-13H,6-8H2,1H3. The SMILES string of the molecule is COc1ccccc1OC1COCCC1O. The Kier molecular flexibility index (Phi) is 3.64. The maximum atomic E-state index is 9.75. The van der Waals surface area contributed by atoms with Crippen molar-refractivity contribution in [2.75, 3.05) is 20.3 Å². The number of para-hydroxylation sites is 2. The number of aliphatic hydroxyl groups excluding tert-OH is 1. The van der Waals surface area contributed by atoms with E-state index in [1.807, 2.05) is 24.3 Å². The molecule has 0 aliphatic carbocycles. The van der Waals surface area contributed by atoms with Gasteiger partial charge in [0.2, 0.25) is 0 Å². The van der Waals surface area contributed by atoms with E-state index in [-0.39, 0.29) is 6.10 Å². The van der Waals surface area contributed by atoms with Crippen LogP contribution in [0.15, 0.2) is 24.3 Å². The zero-order chi connectivity index (χ0) is 11.4. The Morgan fingerprint density at radius 3 is 2.75 bits per heavy atom. The third-order valence-electron chi connectivity index (χ3n) is 2.62. The van der Waals surface area contributed by atoms with Crippen molar-refractivity contribution in [1.29, 1.82) is 0 Å². The largest absolute Gasteiger partial charge is 0.493 e. The number of aliphatic hydroxyl groups is 1. The molecule has 2 unspecified atom stereocenters. The van der Waals surface area contributed by atoms with Crippen LogP contribution >= 0.6 is 0 Å². The highest BCUT2D eigenvalue weighted by atomic mass is 16.6. The molecule has 4 heteroatoms. The van der Waals surface area contributed by atoms with Crippen LogP contribution in [0.3, 0.4) is 0 Å². The predicted molar refractivity (Wildman–Crippen MR) is 58.9 cm³/mol. The molecule has 0 aromatic heterocycles. The van der Waals surface area contributed by atoms with Crippen molar-refractivity contribution >= 4 is 0 Å². The van der Waals surface area contributed by atoms with E-state index in [2.05, 4.69) is 0 Å². The Morgan fingerprint density at radius 2 is 2.06 bits per heavy atom. The lowest BCUT2D eigenvalue weighted by Crippen LogP contribution is -2.40. The first-order valence-corrected chi connectivity index (χ1v) is 5.36. The molecule has 1 heterocycles. The van der Waals surface area contributed by atoms with Crippen LogP contribution in [-0.2, 0) is 4.74 Å². The van der Waals surface area contributed by atoms with Crippen molar-refractivity contribution in [3.63, 3.8) is 0 Å². The molecule has 4 nitrogen and oxygen atoms in total. The monoisotopic (exact) mass is 224 g/mol. The number of methoxy groups -OCH3 is 1. The summed E-state index contributed by atoms with van der Waals surface area (Å²) >= 11 is 0. The first-order chi connectivity index (χ1) is 7.81. The van der Waals surface area contributed by atoms with Gasteiger partial charge in [0.15, 0.2) is 11.5 Å². The lowest BCUT2D eigenvalue weighted by molar-refractivity contribution is -0.0740. The maximum absolute atomic E-state index is 9.75. The molecule has 1 aromatic rings. The number of ether oxygens (including phenoxy) is 3. The molecule has 88 valence electrons. The topological polar surface area (TPSA) is 47.9 Å². The molecule has 0 saturated carbocycles. The molecule has 2 atom stereocenters. The van der Waals surface area contributed by atoms with Gasteiger partial charge < -0.3 is 19.3 Å². The third kappa shape index (κ3) is 2.46. The van der Waals surface area contributed by atoms with Gasteiger partial charge in [-0.15, -0.1) is 0 Å². The van der Waals surface area contributed by atoms with Crippen LogP contribution in [0.5, 0.6) is 11.5 Å². The molecular formula is C12H16O4. The minimum absolute atomic E-state index is 0.315. The molecule has 0 amide bonds. The summed E-state index contributed by atoms with van der Waals surface area (Å²) in [5.74, 6) is 1.31. The second-order valence-electron chi connectivity index (χ2n) is 3.74. The average Bonchev–Trinajstić information content (AvgIpc) is 2.33. The highest BCUT2D eigenvalue weighted by Gasteiger charge is 2.26. The fourth-order valence-electron chi connectivity index (χ4n) is 1.69. The summed E-state index contributed by atoms with van der Waals surface area (Å²) in [5, 5.41) is 9.75. The molecule has 1 aromatic carbocycles. The zero-order valence-electron chi connectivity index (χ0n) is 9.26. The Balaban J connectivity index is 2.07. The molecule has 1 N–H and O–H groups in total. The molecule has 2 rings (SSSR count). The van der Waals surface area contributed by atoms with Crippen molar-refractivity contribution in [3.05, 3.63) is 24.3 Å². The van der Waals surface area contributed by atoms with E-state index < -0.39 is 6.10 Å². The van der Waals surface area contributed by atoms with Gasteiger partial charge in [0, 0.05) is 13.0 Å². The first kappa shape index (κ1) is 11.2. The van der Waals surface area contributed by atoms with E-state index in [9.17, 15) is 5.11 Å². The molecule has 1 saturated heterocycles. The van der Waals surface area contributed by atoms with E-state index in [1.165, 1.54) is 0 Å². The molecule has 16 heavy (non-hydrogen) atoms. The average molecular weight is 224 g/mol. The number of rotatable bonds is 3. The minimum Gasteiger partial charge on any atom is -0.493 e. The Hall–Kier alpha value is -1.26. The number of hydrogen-bond acceptors (Lipinski definition) is 4. The van der Waals surface area contributed by atoms with Crippen LogP contribution in [0.4, 0.5) is 0 Å². The van der Waals surface area contributed by atoms with Gasteiger partial charge >= 0.3 is 0 Å².